The smallest absolute Gasteiger partial charge is 0.188 e. The molecule has 0 aromatic heterocycles. The number of carboxylic acid groups (broad SMARTS) is 1. The van der Waals surface area contributed by atoms with Gasteiger partial charge in [0.25, 0.3) is 0 Å². The standard InChI is InChI=1S/C5H11N3O2/c1-7-5(6)8-3-2-4(9)10/h2-3H2,1H3,(H,9,10)(H3,6,7,8)/p-1. The second kappa shape index (κ2) is 4.60. The highest BCUT2D eigenvalue weighted by Gasteiger charge is 1.87. The van der Waals surface area contributed by atoms with E-state index < -0.39 is 5.97 Å². The molecule has 0 amide bonds. The Balaban J connectivity index is 3.29. The maximum Gasteiger partial charge on any atom is 0.188 e. The van der Waals surface area contributed by atoms with Crippen LogP contribution in [0.2, 0.25) is 0 Å². The lowest BCUT2D eigenvalue weighted by molar-refractivity contribution is -0.305. The zero-order chi connectivity index (χ0) is 7.98. The number of carboxylic acids is 1. The summed E-state index contributed by atoms with van der Waals surface area (Å²) in [6.45, 7) is 0.255. The maximum absolute atomic E-state index is 9.84. The Hall–Kier alpha value is -1.26. The van der Waals surface area contributed by atoms with Crippen molar-refractivity contribution in [1.29, 1.82) is 0 Å². The lowest BCUT2D eigenvalue weighted by Gasteiger charge is -2.03. The van der Waals surface area contributed by atoms with Crippen molar-refractivity contribution in [2.75, 3.05) is 13.6 Å². The molecule has 0 saturated carbocycles. The van der Waals surface area contributed by atoms with Crippen molar-refractivity contribution in [1.82, 2.24) is 5.32 Å². The van der Waals surface area contributed by atoms with Crippen molar-refractivity contribution in [3.8, 4) is 0 Å². The van der Waals surface area contributed by atoms with Crippen molar-refractivity contribution < 1.29 is 9.90 Å². The molecule has 58 valence electrons. The van der Waals surface area contributed by atoms with Gasteiger partial charge in [-0.2, -0.15) is 0 Å². The molecule has 0 aliphatic heterocycles. The van der Waals surface area contributed by atoms with Crippen LogP contribution in [-0.4, -0.2) is 25.5 Å². The third kappa shape index (κ3) is 4.89. The van der Waals surface area contributed by atoms with E-state index >= 15 is 0 Å². The highest BCUT2D eigenvalue weighted by atomic mass is 16.4. The van der Waals surface area contributed by atoms with Gasteiger partial charge in [0.1, 0.15) is 0 Å². The Bertz CT molecular complexity index is 144. The van der Waals surface area contributed by atoms with E-state index in [4.69, 9.17) is 5.73 Å². The second-order valence-corrected chi connectivity index (χ2v) is 1.66. The summed E-state index contributed by atoms with van der Waals surface area (Å²) < 4.78 is 0. The summed E-state index contributed by atoms with van der Waals surface area (Å²) in [4.78, 5) is 13.4. The van der Waals surface area contributed by atoms with Crippen LogP contribution in [0.15, 0.2) is 4.99 Å². The van der Waals surface area contributed by atoms with Crippen LogP contribution >= 0.6 is 0 Å². The molecule has 0 bridgehead atoms. The van der Waals surface area contributed by atoms with Gasteiger partial charge in [-0.25, -0.2) is 0 Å². The molecule has 0 atom stereocenters. The molecule has 0 aromatic rings. The Labute approximate surface area is 58.9 Å². The number of carbonyl (C=O) groups excluding carboxylic acids is 1. The number of hydrogen-bond donors (Lipinski definition) is 2. The van der Waals surface area contributed by atoms with Crippen molar-refractivity contribution in [3.05, 3.63) is 0 Å². The number of carbonyl (C=O) groups is 1. The average molecular weight is 144 g/mol. The van der Waals surface area contributed by atoms with Gasteiger partial charge in [0.15, 0.2) is 5.96 Å². The average Bonchev–Trinajstić information content (AvgIpc) is 1.87. The van der Waals surface area contributed by atoms with Crippen LogP contribution in [0.25, 0.3) is 0 Å². The maximum atomic E-state index is 9.84. The topological polar surface area (TPSA) is 90.5 Å². The van der Waals surface area contributed by atoms with E-state index in [1.54, 1.807) is 0 Å². The van der Waals surface area contributed by atoms with Crippen molar-refractivity contribution >= 4 is 11.9 Å². The van der Waals surface area contributed by atoms with E-state index in [1.807, 2.05) is 0 Å². The van der Waals surface area contributed by atoms with Crippen LogP contribution < -0.4 is 16.2 Å². The number of nitrogens with zero attached hydrogens (tertiary/aromatic N) is 1. The SMILES string of the molecule is CN=C(N)NCCC(=O)[O-]. The van der Waals surface area contributed by atoms with Gasteiger partial charge in [-0.1, -0.05) is 0 Å². The number of nitrogens with two attached hydrogens (primary N) is 1. The van der Waals surface area contributed by atoms with Gasteiger partial charge in [-0.3, -0.25) is 4.99 Å². The summed E-state index contributed by atoms with van der Waals surface area (Å²) in [6.07, 6.45) is -0.0593. The predicted molar refractivity (Wildman–Crippen MR) is 35.2 cm³/mol. The lowest BCUT2D eigenvalue weighted by Crippen LogP contribution is -2.35. The van der Waals surface area contributed by atoms with Gasteiger partial charge in [0.05, 0.1) is 0 Å². The second-order valence-electron chi connectivity index (χ2n) is 1.66. The zero-order valence-electron chi connectivity index (χ0n) is 5.76. The number of rotatable bonds is 3. The molecule has 0 saturated heterocycles. The minimum atomic E-state index is -1.10. The van der Waals surface area contributed by atoms with E-state index in [2.05, 4.69) is 10.3 Å². The van der Waals surface area contributed by atoms with Gasteiger partial charge in [-0.05, 0) is 0 Å². The third-order valence-corrected chi connectivity index (χ3v) is 0.876. The Kier molecular flexibility index (Phi) is 4.02. The normalized spacial score (nSPS) is 11.1. The molecule has 10 heavy (non-hydrogen) atoms. The molecule has 0 spiro atoms. The van der Waals surface area contributed by atoms with Gasteiger partial charge < -0.3 is 21.0 Å². The number of guanidine groups is 1. The highest BCUT2D eigenvalue weighted by Crippen LogP contribution is 1.70. The summed E-state index contributed by atoms with van der Waals surface area (Å²) in [5, 5.41) is 12.4. The molecule has 0 unspecified atom stereocenters. The first-order chi connectivity index (χ1) is 4.66. The summed E-state index contributed by atoms with van der Waals surface area (Å²) in [6, 6.07) is 0. The summed E-state index contributed by atoms with van der Waals surface area (Å²) in [7, 11) is 1.52. The minimum Gasteiger partial charge on any atom is -0.550 e. The Morgan fingerprint density at radius 1 is 1.80 bits per heavy atom. The third-order valence-electron chi connectivity index (χ3n) is 0.876. The summed E-state index contributed by atoms with van der Waals surface area (Å²) in [5.74, 6) is -0.863. The van der Waals surface area contributed by atoms with Crippen LogP contribution in [0.5, 0.6) is 0 Å². The molecule has 0 aromatic carbocycles. The van der Waals surface area contributed by atoms with Gasteiger partial charge in [0.2, 0.25) is 0 Å². The van der Waals surface area contributed by atoms with Crippen molar-refractivity contribution in [2.45, 2.75) is 6.42 Å². The molecular formula is C5H10N3O2-. The van der Waals surface area contributed by atoms with Crippen LogP contribution in [0.3, 0.4) is 0 Å². The molecule has 3 N–H and O–H groups in total. The van der Waals surface area contributed by atoms with Crippen LogP contribution in [0, 0.1) is 0 Å². The first-order valence-electron chi connectivity index (χ1n) is 2.82. The van der Waals surface area contributed by atoms with Gasteiger partial charge in [0, 0.05) is 26.0 Å². The van der Waals surface area contributed by atoms with E-state index in [0.29, 0.717) is 0 Å². The van der Waals surface area contributed by atoms with E-state index in [1.165, 1.54) is 7.05 Å². The molecular weight excluding hydrogens is 134 g/mol. The fourth-order valence-corrected chi connectivity index (χ4v) is 0.372. The molecule has 0 aliphatic rings. The Morgan fingerprint density at radius 2 is 2.40 bits per heavy atom. The summed E-state index contributed by atoms with van der Waals surface area (Å²) >= 11 is 0. The zero-order valence-corrected chi connectivity index (χ0v) is 5.76. The first kappa shape index (κ1) is 8.74. The highest BCUT2D eigenvalue weighted by molar-refractivity contribution is 5.78. The van der Waals surface area contributed by atoms with E-state index in [0.717, 1.165) is 0 Å². The first-order valence-corrected chi connectivity index (χ1v) is 2.82. The molecule has 0 heterocycles. The monoisotopic (exact) mass is 144 g/mol. The van der Waals surface area contributed by atoms with Gasteiger partial charge >= 0.3 is 0 Å². The largest absolute Gasteiger partial charge is 0.550 e. The summed E-state index contributed by atoms with van der Waals surface area (Å²) in [5.41, 5.74) is 5.18. The number of aliphatic carboxylic acids is 1. The number of nitrogens with one attached hydrogen (secondary N) is 1. The number of hydrogen-bond acceptors (Lipinski definition) is 3. The quantitative estimate of drug-likeness (QED) is 0.343. The fourth-order valence-electron chi connectivity index (χ4n) is 0.372. The van der Waals surface area contributed by atoms with E-state index in [9.17, 15) is 9.90 Å². The van der Waals surface area contributed by atoms with Crippen molar-refractivity contribution in [3.63, 3.8) is 0 Å². The molecule has 5 nitrogen and oxygen atoms in total. The molecule has 0 radical (unpaired) electrons. The van der Waals surface area contributed by atoms with Crippen LogP contribution in [0.4, 0.5) is 0 Å². The van der Waals surface area contributed by atoms with Crippen LogP contribution in [0.1, 0.15) is 6.42 Å². The fraction of sp³-hybridized carbons (Fsp3) is 0.600. The lowest BCUT2D eigenvalue weighted by atomic mass is 10.4. The number of aliphatic imine (C=N–C) groups is 1. The van der Waals surface area contributed by atoms with Gasteiger partial charge in [-0.15, -0.1) is 0 Å². The minimum absolute atomic E-state index is 0.0593. The van der Waals surface area contributed by atoms with Crippen molar-refractivity contribution in [2.24, 2.45) is 10.7 Å². The molecule has 5 heteroatoms. The van der Waals surface area contributed by atoms with E-state index in [-0.39, 0.29) is 18.9 Å². The van der Waals surface area contributed by atoms with Crippen LogP contribution in [-0.2, 0) is 4.79 Å². The molecule has 0 fully saturated rings. The molecule has 0 aliphatic carbocycles. The Morgan fingerprint density at radius 3 is 2.80 bits per heavy atom. The predicted octanol–water partition coefficient (Wildman–Crippen LogP) is -2.34. The molecule has 0 rings (SSSR count).